The number of benzene rings is 1. The second kappa shape index (κ2) is 33.3. The Kier molecular flexibility index (Phi) is 30.5. The van der Waals surface area contributed by atoms with Crippen LogP contribution in [0.4, 0.5) is 0 Å². The molecule has 0 atom stereocenters. The van der Waals surface area contributed by atoms with Gasteiger partial charge in [-0.1, -0.05) is 194 Å². The Balaban J connectivity index is 2.12. The molecule has 0 radical (unpaired) electrons. The Morgan fingerprint density at radius 3 is 1.04 bits per heavy atom. The van der Waals surface area contributed by atoms with Crippen LogP contribution in [0.2, 0.25) is 0 Å². The number of hydrogen-bond acceptors (Lipinski definition) is 5. The van der Waals surface area contributed by atoms with E-state index in [4.69, 9.17) is 9.47 Å². The van der Waals surface area contributed by atoms with Gasteiger partial charge >= 0.3 is 11.9 Å². The number of aldehydes is 1. The van der Waals surface area contributed by atoms with E-state index in [1.54, 1.807) is 12.1 Å². The molecule has 0 aromatic heterocycles. The zero-order valence-corrected chi connectivity index (χ0v) is 31.5. The first-order chi connectivity index (χ1) is 23.6. The largest absolute Gasteiger partial charge is 0.423 e. The summed E-state index contributed by atoms with van der Waals surface area (Å²) >= 11 is 0. The lowest BCUT2D eigenvalue weighted by Gasteiger charge is -2.11. The van der Waals surface area contributed by atoms with Crippen molar-refractivity contribution < 1.29 is 23.9 Å². The lowest BCUT2D eigenvalue weighted by Crippen LogP contribution is -2.12. The topological polar surface area (TPSA) is 69.7 Å². The maximum absolute atomic E-state index is 12.6. The minimum atomic E-state index is -0.354. The molecule has 0 aliphatic heterocycles. The smallest absolute Gasteiger partial charge is 0.311 e. The molecule has 0 unspecified atom stereocenters. The van der Waals surface area contributed by atoms with Crippen molar-refractivity contribution in [3.05, 3.63) is 23.8 Å². The van der Waals surface area contributed by atoms with Gasteiger partial charge in [0.2, 0.25) is 0 Å². The van der Waals surface area contributed by atoms with Crippen LogP contribution in [0, 0.1) is 0 Å². The van der Waals surface area contributed by atoms with Crippen molar-refractivity contribution in [1.29, 1.82) is 0 Å². The lowest BCUT2D eigenvalue weighted by molar-refractivity contribution is -0.137. The summed E-state index contributed by atoms with van der Waals surface area (Å²) in [7, 11) is 0. The van der Waals surface area contributed by atoms with Crippen molar-refractivity contribution in [3.8, 4) is 11.5 Å². The quantitative estimate of drug-likeness (QED) is 0.0311. The van der Waals surface area contributed by atoms with Crippen LogP contribution < -0.4 is 9.47 Å². The Bertz CT molecular complexity index is 910. The molecule has 0 aliphatic rings. The Labute approximate surface area is 296 Å². The second-order valence-corrected chi connectivity index (χ2v) is 14.2. The molecule has 0 saturated heterocycles. The van der Waals surface area contributed by atoms with E-state index < -0.39 is 0 Å². The number of rotatable bonds is 35. The van der Waals surface area contributed by atoms with Crippen molar-refractivity contribution in [2.45, 2.75) is 219 Å². The monoisotopic (exact) mass is 671 g/mol. The zero-order valence-electron chi connectivity index (χ0n) is 31.5. The van der Waals surface area contributed by atoms with Crippen molar-refractivity contribution in [3.63, 3.8) is 0 Å². The molecule has 1 rings (SSSR count). The molecule has 5 heteroatoms. The van der Waals surface area contributed by atoms with Gasteiger partial charge in [-0.25, -0.2) is 0 Å². The molecule has 0 amide bonds. The Morgan fingerprint density at radius 1 is 0.438 bits per heavy atom. The van der Waals surface area contributed by atoms with Crippen molar-refractivity contribution in [2.24, 2.45) is 0 Å². The molecule has 0 saturated carbocycles. The first-order valence-corrected chi connectivity index (χ1v) is 20.6. The molecule has 1 aromatic carbocycles. The Morgan fingerprint density at radius 2 is 0.729 bits per heavy atom. The van der Waals surface area contributed by atoms with Crippen LogP contribution in [0.3, 0.4) is 0 Å². The molecule has 0 heterocycles. The highest BCUT2D eigenvalue weighted by atomic mass is 16.6. The minimum Gasteiger partial charge on any atom is -0.423 e. The average molecular weight is 671 g/mol. The van der Waals surface area contributed by atoms with Gasteiger partial charge in [0.1, 0.15) is 6.29 Å². The molecule has 1 aromatic rings. The van der Waals surface area contributed by atoms with E-state index in [9.17, 15) is 14.4 Å². The maximum Gasteiger partial charge on any atom is 0.311 e. The average Bonchev–Trinajstić information content (AvgIpc) is 3.09. The molecule has 0 N–H and O–H groups in total. The third-order valence-corrected chi connectivity index (χ3v) is 9.52. The summed E-state index contributed by atoms with van der Waals surface area (Å²) in [4.78, 5) is 36.4. The van der Waals surface area contributed by atoms with Gasteiger partial charge < -0.3 is 9.47 Å². The van der Waals surface area contributed by atoms with Gasteiger partial charge in [-0.05, 0) is 31.0 Å². The van der Waals surface area contributed by atoms with E-state index in [1.165, 1.54) is 160 Å². The van der Waals surface area contributed by atoms with Crippen molar-refractivity contribution >= 4 is 18.2 Å². The molecule has 48 heavy (non-hydrogen) atoms. The normalized spacial score (nSPS) is 11.1. The summed E-state index contributed by atoms with van der Waals surface area (Å²) in [5.74, 6) is -0.331. The number of unbranched alkanes of at least 4 members (excludes halogenated alkanes) is 28. The summed E-state index contributed by atoms with van der Waals surface area (Å²) in [5.41, 5.74) is 0.381. The highest BCUT2D eigenvalue weighted by Gasteiger charge is 2.15. The van der Waals surface area contributed by atoms with E-state index in [0.717, 1.165) is 38.5 Å². The van der Waals surface area contributed by atoms with Gasteiger partial charge in [0.05, 0.1) is 0 Å². The van der Waals surface area contributed by atoms with Crippen LogP contribution in [0.1, 0.15) is 230 Å². The van der Waals surface area contributed by atoms with Crippen molar-refractivity contribution in [1.82, 2.24) is 0 Å². The molecule has 5 nitrogen and oxygen atoms in total. The number of carbonyl (C=O) groups excluding carboxylic acids is 3. The van der Waals surface area contributed by atoms with Crippen molar-refractivity contribution in [2.75, 3.05) is 0 Å². The highest BCUT2D eigenvalue weighted by molar-refractivity contribution is 5.80. The van der Waals surface area contributed by atoms with Gasteiger partial charge in [0, 0.05) is 18.4 Å². The summed E-state index contributed by atoms with van der Waals surface area (Å²) in [6.07, 6.45) is 39.6. The molecular weight excluding hydrogens is 596 g/mol. The van der Waals surface area contributed by atoms with Crippen LogP contribution in [0.5, 0.6) is 11.5 Å². The summed E-state index contributed by atoms with van der Waals surface area (Å²) in [6, 6.07) is 4.60. The van der Waals surface area contributed by atoms with Crippen LogP contribution in [0.25, 0.3) is 0 Å². The SMILES string of the molecule is CCCCCCCCCCCCCCCCCC(=O)Oc1ccc(C=O)cc1OC(=O)CCCCCCCCCCCCCCCCC. The van der Waals surface area contributed by atoms with Crippen LogP contribution >= 0.6 is 0 Å². The molecule has 0 fully saturated rings. The summed E-state index contributed by atoms with van der Waals surface area (Å²) in [6.45, 7) is 4.54. The zero-order chi connectivity index (χ0) is 34.8. The standard InChI is InChI=1S/C43H74O5/c1-3-5-7-9-11-13-15-17-19-21-23-25-27-29-31-33-42(45)47-40-36-35-39(38-44)37-41(40)48-43(46)34-32-30-28-26-24-22-20-18-16-14-12-10-8-6-4-2/h35-38H,3-34H2,1-2H3. The predicted octanol–water partition coefficient (Wildman–Crippen LogP) is 13.8. The fourth-order valence-corrected chi connectivity index (χ4v) is 6.39. The highest BCUT2D eigenvalue weighted by Crippen LogP contribution is 2.29. The van der Waals surface area contributed by atoms with Gasteiger partial charge in [-0.2, -0.15) is 0 Å². The fraction of sp³-hybridized carbons (Fsp3) is 0.791. The predicted molar refractivity (Wildman–Crippen MR) is 202 cm³/mol. The van der Waals surface area contributed by atoms with E-state index in [-0.39, 0.29) is 23.4 Å². The van der Waals surface area contributed by atoms with E-state index in [2.05, 4.69) is 13.8 Å². The number of hydrogen-bond donors (Lipinski definition) is 0. The van der Waals surface area contributed by atoms with Gasteiger partial charge in [-0.3, -0.25) is 14.4 Å². The number of ether oxygens (including phenoxy) is 2. The van der Waals surface area contributed by atoms with E-state index in [1.807, 2.05) is 0 Å². The van der Waals surface area contributed by atoms with Crippen LogP contribution in [-0.2, 0) is 9.59 Å². The number of esters is 2. The third-order valence-electron chi connectivity index (χ3n) is 9.52. The van der Waals surface area contributed by atoms with Crippen LogP contribution in [0.15, 0.2) is 18.2 Å². The van der Waals surface area contributed by atoms with Gasteiger partial charge in [0.15, 0.2) is 11.5 Å². The third kappa shape index (κ3) is 26.7. The molecule has 0 aliphatic carbocycles. The Hall–Kier alpha value is -2.17. The maximum atomic E-state index is 12.6. The first-order valence-electron chi connectivity index (χ1n) is 20.6. The lowest BCUT2D eigenvalue weighted by atomic mass is 10.0. The van der Waals surface area contributed by atoms with Crippen LogP contribution in [-0.4, -0.2) is 18.2 Å². The van der Waals surface area contributed by atoms with Gasteiger partial charge in [-0.15, -0.1) is 0 Å². The van der Waals surface area contributed by atoms with Gasteiger partial charge in [0.25, 0.3) is 0 Å². The van der Waals surface area contributed by atoms with E-state index >= 15 is 0 Å². The molecule has 0 spiro atoms. The fourth-order valence-electron chi connectivity index (χ4n) is 6.39. The first kappa shape index (κ1) is 43.9. The van der Waals surface area contributed by atoms with E-state index in [0.29, 0.717) is 24.7 Å². The summed E-state index contributed by atoms with van der Waals surface area (Å²) in [5, 5.41) is 0. The molecule has 0 bridgehead atoms. The second-order valence-electron chi connectivity index (χ2n) is 14.2. The molecule has 276 valence electrons. The summed E-state index contributed by atoms with van der Waals surface area (Å²) < 4.78 is 11.1. The minimum absolute atomic E-state index is 0.149. The number of carbonyl (C=O) groups is 3. The molecular formula is C43H74O5.